The van der Waals surface area contributed by atoms with Gasteiger partial charge >= 0.3 is 6.36 Å². The highest BCUT2D eigenvalue weighted by atomic mass is 32.1. The minimum Gasteiger partial charge on any atom is -0.406 e. The molecular formula is C11H12F3NOS. The van der Waals surface area contributed by atoms with Gasteiger partial charge in [0.15, 0.2) is 0 Å². The number of ether oxygens (including phenoxy) is 1. The Hall–Kier alpha value is -1.30. The standard InChI is InChI=1S/C11H12F3NOS/c1-7(2)10(17)15-8-3-5-9(6-4-8)16-11(12,13)14/h3-7H,1-2H3,(H,15,17). The smallest absolute Gasteiger partial charge is 0.406 e. The first-order valence-electron chi connectivity index (χ1n) is 4.94. The largest absolute Gasteiger partial charge is 0.573 e. The van der Waals surface area contributed by atoms with Crippen molar-refractivity contribution in [2.75, 3.05) is 5.32 Å². The topological polar surface area (TPSA) is 21.3 Å². The van der Waals surface area contributed by atoms with E-state index in [0.29, 0.717) is 10.7 Å². The summed E-state index contributed by atoms with van der Waals surface area (Å²) in [5.41, 5.74) is 0.637. The van der Waals surface area contributed by atoms with Crippen molar-refractivity contribution in [3.8, 4) is 5.75 Å². The van der Waals surface area contributed by atoms with E-state index in [-0.39, 0.29) is 11.7 Å². The number of hydrogen-bond donors (Lipinski definition) is 1. The second-order valence-electron chi connectivity index (χ2n) is 3.72. The maximum Gasteiger partial charge on any atom is 0.573 e. The second-order valence-corrected chi connectivity index (χ2v) is 4.16. The summed E-state index contributed by atoms with van der Waals surface area (Å²) in [5, 5.41) is 2.93. The predicted molar refractivity (Wildman–Crippen MR) is 64.2 cm³/mol. The van der Waals surface area contributed by atoms with Crippen LogP contribution in [0.1, 0.15) is 13.8 Å². The van der Waals surface area contributed by atoms with Crippen LogP contribution in [-0.2, 0) is 0 Å². The second kappa shape index (κ2) is 5.35. The molecule has 0 aliphatic carbocycles. The lowest BCUT2D eigenvalue weighted by molar-refractivity contribution is -0.274. The number of hydrogen-bond acceptors (Lipinski definition) is 2. The molecular weight excluding hydrogens is 251 g/mol. The molecule has 0 unspecified atom stereocenters. The van der Waals surface area contributed by atoms with Gasteiger partial charge < -0.3 is 10.1 Å². The summed E-state index contributed by atoms with van der Waals surface area (Å²) in [5.74, 6) is -0.0744. The SMILES string of the molecule is CC(C)C(=S)Nc1ccc(OC(F)(F)F)cc1. The highest BCUT2D eigenvalue weighted by Gasteiger charge is 2.30. The summed E-state index contributed by atoms with van der Waals surface area (Å²) in [6.07, 6.45) is -4.66. The summed E-state index contributed by atoms with van der Waals surface area (Å²) < 4.78 is 39.4. The zero-order chi connectivity index (χ0) is 13.1. The Morgan fingerprint density at radius 1 is 1.24 bits per heavy atom. The normalized spacial score (nSPS) is 11.4. The fraction of sp³-hybridized carbons (Fsp3) is 0.364. The molecule has 17 heavy (non-hydrogen) atoms. The lowest BCUT2D eigenvalue weighted by Gasteiger charge is -2.12. The van der Waals surface area contributed by atoms with E-state index in [4.69, 9.17) is 12.2 Å². The summed E-state index contributed by atoms with van der Waals surface area (Å²) in [7, 11) is 0. The van der Waals surface area contributed by atoms with Gasteiger partial charge in [-0.3, -0.25) is 0 Å². The molecule has 0 heterocycles. The number of rotatable bonds is 3. The van der Waals surface area contributed by atoms with Crippen molar-refractivity contribution in [2.45, 2.75) is 20.2 Å². The Kier molecular flexibility index (Phi) is 4.34. The van der Waals surface area contributed by atoms with Crippen LogP contribution in [0.3, 0.4) is 0 Å². The third-order valence-electron chi connectivity index (χ3n) is 1.88. The summed E-state index contributed by atoms with van der Waals surface area (Å²) >= 11 is 5.06. The summed E-state index contributed by atoms with van der Waals surface area (Å²) in [6.45, 7) is 3.85. The van der Waals surface area contributed by atoms with E-state index >= 15 is 0 Å². The summed E-state index contributed by atoms with van der Waals surface area (Å²) in [6, 6.07) is 5.43. The van der Waals surface area contributed by atoms with Gasteiger partial charge in [-0.05, 0) is 24.3 Å². The Bertz CT molecular complexity index is 387. The van der Waals surface area contributed by atoms with Gasteiger partial charge in [-0.2, -0.15) is 0 Å². The van der Waals surface area contributed by atoms with E-state index in [2.05, 4.69) is 10.1 Å². The molecule has 0 aliphatic heterocycles. The predicted octanol–water partition coefficient (Wildman–Crippen LogP) is 3.98. The molecule has 0 saturated carbocycles. The van der Waals surface area contributed by atoms with Gasteiger partial charge in [0, 0.05) is 11.6 Å². The number of nitrogens with one attached hydrogen (secondary N) is 1. The molecule has 1 N–H and O–H groups in total. The molecule has 0 bridgehead atoms. The van der Waals surface area contributed by atoms with Crippen LogP contribution in [-0.4, -0.2) is 11.4 Å². The molecule has 94 valence electrons. The lowest BCUT2D eigenvalue weighted by atomic mass is 10.2. The first-order chi connectivity index (χ1) is 7.78. The van der Waals surface area contributed by atoms with Crippen LogP contribution >= 0.6 is 12.2 Å². The van der Waals surface area contributed by atoms with Gasteiger partial charge in [-0.15, -0.1) is 13.2 Å². The third kappa shape index (κ3) is 5.04. The maximum absolute atomic E-state index is 11.9. The zero-order valence-corrected chi connectivity index (χ0v) is 10.2. The van der Waals surface area contributed by atoms with E-state index in [0.717, 1.165) is 0 Å². The molecule has 6 heteroatoms. The van der Waals surface area contributed by atoms with Crippen LogP contribution in [0, 0.1) is 5.92 Å². The minimum atomic E-state index is -4.66. The molecule has 0 saturated heterocycles. The van der Waals surface area contributed by atoms with Crippen molar-refractivity contribution in [1.82, 2.24) is 0 Å². The molecule has 0 radical (unpaired) electrons. The van der Waals surface area contributed by atoms with Crippen LogP contribution in [0.5, 0.6) is 5.75 Å². The van der Waals surface area contributed by atoms with Crippen LogP contribution < -0.4 is 10.1 Å². The van der Waals surface area contributed by atoms with E-state index in [9.17, 15) is 13.2 Å². The zero-order valence-electron chi connectivity index (χ0n) is 9.34. The van der Waals surface area contributed by atoms with Crippen LogP contribution in [0.2, 0.25) is 0 Å². The number of benzene rings is 1. The van der Waals surface area contributed by atoms with Crippen LogP contribution in [0.15, 0.2) is 24.3 Å². The molecule has 2 nitrogen and oxygen atoms in total. The Morgan fingerprint density at radius 3 is 2.18 bits per heavy atom. The fourth-order valence-corrected chi connectivity index (χ4v) is 1.14. The highest BCUT2D eigenvalue weighted by Crippen LogP contribution is 2.24. The van der Waals surface area contributed by atoms with Crippen molar-refractivity contribution in [3.05, 3.63) is 24.3 Å². The maximum atomic E-state index is 11.9. The number of halogens is 3. The van der Waals surface area contributed by atoms with Crippen molar-refractivity contribution >= 4 is 22.9 Å². The van der Waals surface area contributed by atoms with Crippen molar-refractivity contribution < 1.29 is 17.9 Å². The fourth-order valence-electron chi connectivity index (χ4n) is 1.03. The Balaban J connectivity index is 2.65. The van der Waals surface area contributed by atoms with Gasteiger partial charge in [0.2, 0.25) is 0 Å². The van der Waals surface area contributed by atoms with Crippen molar-refractivity contribution in [1.29, 1.82) is 0 Å². The molecule has 1 aromatic carbocycles. The lowest BCUT2D eigenvalue weighted by Crippen LogP contribution is -2.17. The molecule has 1 rings (SSSR count). The average molecular weight is 263 g/mol. The van der Waals surface area contributed by atoms with Gasteiger partial charge in [-0.25, -0.2) is 0 Å². The molecule has 0 amide bonds. The van der Waals surface area contributed by atoms with Crippen molar-refractivity contribution in [2.24, 2.45) is 5.92 Å². The minimum absolute atomic E-state index is 0.177. The van der Waals surface area contributed by atoms with Gasteiger partial charge in [0.25, 0.3) is 0 Å². The van der Waals surface area contributed by atoms with E-state index < -0.39 is 6.36 Å². The summed E-state index contributed by atoms with van der Waals surface area (Å²) in [4.78, 5) is 0.634. The van der Waals surface area contributed by atoms with Gasteiger partial charge in [0.05, 0.1) is 4.99 Å². The number of thiocarbonyl (C=S) groups is 1. The van der Waals surface area contributed by atoms with Gasteiger partial charge in [-0.1, -0.05) is 26.1 Å². The van der Waals surface area contributed by atoms with Crippen molar-refractivity contribution in [3.63, 3.8) is 0 Å². The quantitative estimate of drug-likeness (QED) is 0.833. The molecule has 0 atom stereocenters. The van der Waals surface area contributed by atoms with Crippen LogP contribution in [0.25, 0.3) is 0 Å². The number of anilines is 1. The Labute approximate surface area is 103 Å². The molecule has 0 fully saturated rings. The first kappa shape index (κ1) is 13.8. The van der Waals surface area contributed by atoms with E-state index in [1.165, 1.54) is 24.3 Å². The van der Waals surface area contributed by atoms with E-state index in [1.807, 2.05) is 13.8 Å². The van der Waals surface area contributed by atoms with Gasteiger partial charge in [0.1, 0.15) is 5.75 Å². The molecule has 0 aromatic heterocycles. The monoisotopic (exact) mass is 263 g/mol. The molecule has 0 spiro atoms. The molecule has 1 aromatic rings. The Morgan fingerprint density at radius 2 is 1.76 bits per heavy atom. The third-order valence-corrected chi connectivity index (χ3v) is 2.45. The first-order valence-corrected chi connectivity index (χ1v) is 5.35. The van der Waals surface area contributed by atoms with E-state index in [1.54, 1.807) is 0 Å². The molecule has 0 aliphatic rings. The van der Waals surface area contributed by atoms with Crippen LogP contribution in [0.4, 0.5) is 18.9 Å². The average Bonchev–Trinajstić information content (AvgIpc) is 2.18. The number of alkyl halides is 3. The highest BCUT2D eigenvalue weighted by molar-refractivity contribution is 7.80.